The van der Waals surface area contributed by atoms with Gasteiger partial charge in [0.1, 0.15) is 11.8 Å². The number of amides is 2. The van der Waals surface area contributed by atoms with Crippen molar-refractivity contribution in [3.05, 3.63) is 101 Å². The summed E-state index contributed by atoms with van der Waals surface area (Å²) in [5.74, 6) is 0.543. The number of halogens is 1. The van der Waals surface area contributed by atoms with E-state index in [1.54, 1.807) is 11.0 Å². The molecule has 1 unspecified atom stereocenters. The second-order valence-corrected chi connectivity index (χ2v) is 10.7. The van der Waals surface area contributed by atoms with Crippen LogP contribution in [0.3, 0.4) is 0 Å². The minimum atomic E-state index is -0.703. The molecule has 1 saturated carbocycles. The third-order valence-electron chi connectivity index (χ3n) is 7.16. The van der Waals surface area contributed by atoms with Gasteiger partial charge in [0.15, 0.2) is 6.61 Å². The van der Waals surface area contributed by atoms with Gasteiger partial charge in [-0.25, -0.2) is 0 Å². The van der Waals surface area contributed by atoms with Crippen molar-refractivity contribution in [3.63, 3.8) is 0 Å². The molecule has 0 bridgehead atoms. The van der Waals surface area contributed by atoms with E-state index in [4.69, 9.17) is 16.3 Å². The number of ether oxygens (including phenoxy) is 1. The fraction of sp³-hybridized carbons (Fsp3) is 0.375. The Morgan fingerprint density at radius 3 is 2.32 bits per heavy atom. The van der Waals surface area contributed by atoms with Crippen LogP contribution in [0.4, 0.5) is 0 Å². The van der Waals surface area contributed by atoms with E-state index in [0.717, 1.165) is 42.4 Å². The van der Waals surface area contributed by atoms with Crippen molar-refractivity contribution >= 4 is 23.4 Å². The van der Waals surface area contributed by atoms with Gasteiger partial charge in [-0.05, 0) is 47.6 Å². The standard InChI is InChI=1S/C32H37ClN2O3/c1-23(2)27-17-9-11-19-30(27)38-22-31(36)35(21-25-14-6-10-18-28(25)33)29(20-24-12-4-3-5-13-24)32(37)34-26-15-7-8-16-26/h3-6,9-14,17-19,23,26,29H,7-8,15-16,20-22H2,1-2H3,(H,34,37). The molecule has 2 amide bonds. The Morgan fingerprint density at radius 1 is 0.947 bits per heavy atom. The molecule has 3 aromatic carbocycles. The summed E-state index contributed by atoms with van der Waals surface area (Å²) in [5.41, 5.74) is 2.82. The zero-order valence-corrected chi connectivity index (χ0v) is 23.0. The Hall–Kier alpha value is -3.31. The minimum Gasteiger partial charge on any atom is -0.483 e. The normalized spacial score (nSPS) is 14.3. The summed E-state index contributed by atoms with van der Waals surface area (Å²) in [5, 5.41) is 3.79. The lowest BCUT2D eigenvalue weighted by atomic mass is 10.0. The Labute approximate surface area is 231 Å². The highest BCUT2D eigenvalue weighted by Gasteiger charge is 2.32. The van der Waals surface area contributed by atoms with Crippen molar-refractivity contribution in [2.45, 2.75) is 70.5 Å². The van der Waals surface area contributed by atoms with Crippen molar-refractivity contribution < 1.29 is 14.3 Å². The van der Waals surface area contributed by atoms with Crippen molar-refractivity contribution in [2.75, 3.05) is 6.61 Å². The van der Waals surface area contributed by atoms with E-state index in [1.807, 2.05) is 72.8 Å². The Balaban J connectivity index is 1.63. The predicted molar refractivity (Wildman–Crippen MR) is 152 cm³/mol. The lowest BCUT2D eigenvalue weighted by molar-refractivity contribution is -0.143. The molecule has 0 aliphatic heterocycles. The van der Waals surface area contributed by atoms with E-state index in [-0.39, 0.29) is 36.9 Å². The molecule has 0 heterocycles. The van der Waals surface area contributed by atoms with Crippen LogP contribution >= 0.6 is 11.6 Å². The van der Waals surface area contributed by atoms with E-state index in [9.17, 15) is 9.59 Å². The molecule has 0 saturated heterocycles. The molecular weight excluding hydrogens is 496 g/mol. The summed E-state index contributed by atoms with van der Waals surface area (Å²) in [6.07, 6.45) is 4.56. The zero-order chi connectivity index (χ0) is 26.9. The van der Waals surface area contributed by atoms with Crippen LogP contribution < -0.4 is 10.1 Å². The Bertz CT molecular complexity index is 1210. The summed E-state index contributed by atoms with van der Waals surface area (Å²) < 4.78 is 6.07. The molecule has 1 N–H and O–H groups in total. The first-order valence-corrected chi connectivity index (χ1v) is 13.9. The fourth-order valence-electron chi connectivity index (χ4n) is 5.04. The molecule has 0 aromatic heterocycles. The first-order valence-electron chi connectivity index (χ1n) is 13.5. The van der Waals surface area contributed by atoms with Crippen LogP contribution in [0.2, 0.25) is 5.02 Å². The van der Waals surface area contributed by atoms with Gasteiger partial charge in [-0.1, -0.05) is 105 Å². The number of hydrogen-bond acceptors (Lipinski definition) is 3. The highest BCUT2D eigenvalue weighted by atomic mass is 35.5. The van der Waals surface area contributed by atoms with E-state index >= 15 is 0 Å². The minimum absolute atomic E-state index is 0.135. The molecule has 1 aliphatic rings. The smallest absolute Gasteiger partial charge is 0.261 e. The van der Waals surface area contributed by atoms with Gasteiger partial charge in [0.05, 0.1) is 0 Å². The molecule has 1 atom stereocenters. The molecule has 38 heavy (non-hydrogen) atoms. The van der Waals surface area contributed by atoms with Crippen LogP contribution in [0.5, 0.6) is 5.75 Å². The predicted octanol–water partition coefficient (Wildman–Crippen LogP) is 6.54. The summed E-state index contributed by atoms with van der Waals surface area (Å²) in [4.78, 5) is 29.3. The van der Waals surface area contributed by atoms with Crippen LogP contribution in [0.15, 0.2) is 78.9 Å². The summed E-state index contributed by atoms with van der Waals surface area (Å²) in [6, 6.07) is 24.5. The van der Waals surface area contributed by atoms with Crippen molar-refractivity contribution in [3.8, 4) is 5.75 Å². The van der Waals surface area contributed by atoms with Gasteiger partial charge in [-0.2, -0.15) is 0 Å². The average Bonchev–Trinajstić information content (AvgIpc) is 3.44. The van der Waals surface area contributed by atoms with Gasteiger partial charge in [0, 0.05) is 24.0 Å². The van der Waals surface area contributed by atoms with Crippen LogP contribution in [0.25, 0.3) is 0 Å². The van der Waals surface area contributed by atoms with Gasteiger partial charge in [-0.15, -0.1) is 0 Å². The monoisotopic (exact) mass is 532 g/mol. The molecule has 6 heteroatoms. The molecular formula is C32H37ClN2O3. The number of para-hydroxylation sites is 1. The zero-order valence-electron chi connectivity index (χ0n) is 22.2. The highest BCUT2D eigenvalue weighted by molar-refractivity contribution is 6.31. The SMILES string of the molecule is CC(C)c1ccccc1OCC(=O)N(Cc1ccccc1Cl)C(Cc1ccccc1)C(=O)NC1CCCC1. The lowest BCUT2D eigenvalue weighted by Gasteiger charge is -2.32. The van der Waals surface area contributed by atoms with Gasteiger partial charge < -0.3 is 15.0 Å². The van der Waals surface area contributed by atoms with E-state index in [2.05, 4.69) is 19.2 Å². The fourth-order valence-corrected chi connectivity index (χ4v) is 5.24. The van der Waals surface area contributed by atoms with Gasteiger partial charge in [0.25, 0.3) is 5.91 Å². The van der Waals surface area contributed by atoms with Crippen LogP contribution in [0, 0.1) is 0 Å². The lowest BCUT2D eigenvalue weighted by Crippen LogP contribution is -2.53. The first-order chi connectivity index (χ1) is 18.4. The topological polar surface area (TPSA) is 58.6 Å². The molecule has 4 rings (SSSR count). The highest BCUT2D eigenvalue weighted by Crippen LogP contribution is 2.27. The maximum absolute atomic E-state index is 13.9. The van der Waals surface area contributed by atoms with Gasteiger partial charge >= 0.3 is 0 Å². The van der Waals surface area contributed by atoms with Crippen molar-refractivity contribution in [2.24, 2.45) is 0 Å². The molecule has 3 aromatic rings. The number of benzene rings is 3. The van der Waals surface area contributed by atoms with Crippen LogP contribution in [0.1, 0.15) is 62.1 Å². The summed E-state index contributed by atoms with van der Waals surface area (Å²) in [6.45, 7) is 4.23. The molecule has 5 nitrogen and oxygen atoms in total. The summed E-state index contributed by atoms with van der Waals surface area (Å²) in [7, 11) is 0. The van der Waals surface area contributed by atoms with Gasteiger partial charge in [-0.3, -0.25) is 9.59 Å². The number of hydrogen-bond donors (Lipinski definition) is 1. The maximum Gasteiger partial charge on any atom is 0.261 e. The van der Waals surface area contributed by atoms with Crippen molar-refractivity contribution in [1.29, 1.82) is 0 Å². The number of carbonyl (C=O) groups excluding carboxylic acids is 2. The number of carbonyl (C=O) groups is 2. The quantitative estimate of drug-likeness (QED) is 0.305. The average molecular weight is 533 g/mol. The van der Waals surface area contributed by atoms with Crippen molar-refractivity contribution in [1.82, 2.24) is 10.2 Å². The largest absolute Gasteiger partial charge is 0.483 e. The number of nitrogens with zero attached hydrogens (tertiary/aromatic N) is 1. The van der Waals surface area contributed by atoms with Gasteiger partial charge in [0.2, 0.25) is 5.91 Å². The van der Waals surface area contributed by atoms with E-state index < -0.39 is 6.04 Å². The second kappa shape index (κ2) is 13.5. The summed E-state index contributed by atoms with van der Waals surface area (Å²) >= 11 is 6.51. The first kappa shape index (κ1) is 27.7. The molecule has 200 valence electrons. The third kappa shape index (κ3) is 7.38. The Morgan fingerprint density at radius 2 is 1.61 bits per heavy atom. The van der Waals surface area contributed by atoms with Crippen LogP contribution in [-0.4, -0.2) is 35.4 Å². The molecule has 0 spiro atoms. The Kier molecular flexibility index (Phi) is 9.83. The molecule has 1 aliphatic carbocycles. The molecule has 0 radical (unpaired) electrons. The van der Waals surface area contributed by atoms with E-state index in [0.29, 0.717) is 17.2 Å². The second-order valence-electron chi connectivity index (χ2n) is 10.3. The third-order valence-corrected chi connectivity index (χ3v) is 7.53. The number of rotatable bonds is 11. The van der Waals surface area contributed by atoms with E-state index in [1.165, 1.54) is 0 Å². The molecule has 1 fully saturated rings. The number of nitrogens with one attached hydrogen (secondary N) is 1. The van der Waals surface area contributed by atoms with Crippen LogP contribution in [-0.2, 0) is 22.6 Å². The maximum atomic E-state index is 13.9.